The van der Waals surface area contributed by atoms with Crippen molar-refractivity contribution in [2.24, 2.45) is 10.7 Å². The number of aromatic nitrogens is 4. The number of nitriles is 1. The molecule has 3 N–H and O–H groups in total. The van der Waals surface area contributed by atoms with Crippen LogP contribution >= 0.6 is 0 Å². The Morgan fingerprint density at radius 3 is 2.60 bits per heavy atom. The van der Waals surface area contributed by atoms with Crippen molar-refractivity contribution >= 4 is 34.8 Å². The Labute approximate surface area is 243 Å². The summed E-state index contributed by atoms with van der Waals surface area (Å²) in [6, 6.07) is 12.0. The fourth-order valence-corrected chi connectivity index (χ4v) is 5.02. The number of aliphatic imine (C=N–C) groups is 1. The second-order valence-electron chi connectivity index (χ2n) is 9.84. The summed E-state index contributed by atoms with van der Waals surface area (Å²) in [7, 11) is 3.28. The summed E-state index contributed by atoms with van der Waals surface area (Å²) in [5.74, 6) is 1.37. The summed E-state index contributed by atoms with van der Waals surface area (Å²) in [5, 5.41) is 17.2. The number of pyridine rings is 3. The molecule has 1 aliphatic heterocycles. The molecule has 0 spiro atoms. The van der Waals surface area contributed by atoms with E-state index in [1.54, 1.807) is 37.3 Å². The molecule has 42 heavy (non-hydrogen) atoms. The van der Waals surface area contributed by atoms with Crippen molar-refractivity contribution in [3.8, 4) is 23.1 Å². The number of allylic oxidation sites excluding steroid dienone is 1. The highest BCUT2D eigenvalue weighted by Gasteiger charge is 2.21. The number of carbonyl (C=O) groups excluding carboxylic acids is 1. The van der Waals surface area contributed by atoms with Crippen LogP contribution in [0.3, 0.4) is 0 Å². The lowest BCUT2D eigenvalue weighted by Gasteiger charge is -2.35. The number of piperazine rings is 1. The predicted molar refractivity (Wildman–Crippen MR) is 162 cm³/mol. The largest absolute Gasteiger partial charge is 0.481 e. The molecule has 0 radical (unpaired) electrons. The van der Waals surface area contributed by atoms with Crippen molar-refractivity contribution in [2.45, 2.75) is 13.5 Å². The van der Waals surface area contributed by atoms with Gasteiger partial charge >= 0.3 is 0 Å². The van der Waals surface area contributed by atoms with Crippen molar-refractivity contribution in [2.75, 3.05) is 50.6 Å². The van der Waals surface area contributed by atoms with Crippen molar-refractivity contribution in [1.29, 1.82) is 5.26 Å². The van der Waals surface area contributed by atoms with E-state index < -0.39 is 0 Å². The Morgan fingerprint density at radius 1 is 1.19 bits per heavy atom. The van der Waals surface area contributed by atoms with Gasteiger partial charge in [0.25, 0.3) is 0 Å². The van der Waals surface area contributed by atoms with E-state index in [1.807, 2.05) is 36.5 Å². The van der Waals surface area contributed by atoms with Crippen molar-refractivity contribution in [3.63, 3.8) is 0 Å². The smallest absolute Gasteiger partial charge is 0.222 e. The lowest BCUT2D eigenvalue weighted by Crippen LogP contribution is -2.46. The molecule has 0 aromatic carbocycles. The number of hydrogen-bond acceptors (Lipinski definition) is 10. The minimum atomic E-state index is -0.316. The van der Waals surface area contributed by atoms with Crippen LogP contribution in [0.4, 0.5) is 11.6 Å². The summed E-state index contributed by atoms with van der Waals surface area (Å²) in [6.07, 6.45) is 8.54. The molecule has 0 atom stereocenters. The van der Waals surface area contributed by atoms with E-state index in [4.69, 9.17) is 15.5 Å². The first kappa shape index (κ1) is 28.3. The first-order valence-electron chi connectivity index (χ1n) is 13.4. The number of amides is 1. The molecule has 4 aromatic rings. The highest BCUT2D eigenvalue weighted by Crippen LogP contribution is 2.33. The molecule has 5 heterocycles. The molecule has 0 bridgehead atoms. The minimum absolute atomic E-state index is 0.193. The number of hydrogen-bond donors (Lipinski definition) is 2. The van der Waals surface area contributed by atoms with Gasteiger partial charge in [0.05, 0.1) is 12.6 Å². The molecular weight excluding hydrogens is 532 g/mol. The van der Waals surface area contributed by atoms with E-state index in [0.29, 0.717) is 17.0 Å². The normalized spacial score (nSPS) is 14.3. The fraction of sp³-hybridized carbons (Fsp3) is 0.267. The van der Waals surface area contributed by atoms with Crippen LogP contribution in [0.5, 0.6) is 5.88 Å². The van der Waals surface area contributed by atoms with E-state index in [1.165, 1.54) is 13.1 Å². The van der Waals surface area contributed by atoms with Crippen LogP contribution in [0, 0.1) is 11.3 Å². The molecule has 1 amide bonds. The Morgan fingerprint density at radius 2 is 2.00 bits per heavy atom. The molecule has 12 heteroatoms. The third kappa shape index (κ3) is 5.91. The zero-order chi connectivity index (χ0) is 29.6. The first-order valence-corrected chi connectivity index (χ1v) is 13.4. The van der Waals surface area contributed by atoms with E-state index in [2.05, 4.69) is 36.3 Å². The molecule has 12 nitrogen and oxygen atoms in total. The van der Waals surface area contributed by atoms with E-state index in [9.17, 15) is 10.1 Å². The summed E-state index contributed by atoms with van der Waals surface area (Å²) < 4.78 is 6.74. The molecule has 1 aliphatic rings. The Bertz CT molecular complexity index is 1680. The third-order valence-electron chi connectivity index (χ3n) is 7.08. The van der Waals surface area contributed by atoms with Gasteiger partial charge in [0.1, 0.15) is 17.5 Å². The Hall–Kier alpha value is -5.28. The van der Waals surface area contributed by atoms with E-state index in [-0.39, 0.29) is 17.3 Å². The van der Waals surface area contributed by atoms with Crippen molar-refractivity contribution in [1.82, 2.24) is 24.5 Å². The van der Waals surface area contributed by atoms with Gasteiger partial charge in [-0.1, -0.05) is 6.07 Å². The zero-order valence-electron chi connectivity index (χ0n) is 23.8. The van der Waals surface area contributed by atoms with Gasteiger partial charge in [-0.05, 0) is 23.8 Å². The number of nitrogens with zero attached hydrogens (tertiary/aromatic N) is 8. The highest BCUT2D eigenvalue weighted by atomic mass is 16.5. The van der Waals surface area contributed by atoms with Crippen LogP contribution in [0.25, 0.3) is 22.2 Å². The molecular formula is C30H32N10O2. The quantitative estimate of drug-likeness (QED) is 0.308. The van der Waals surface area contributed by atoms with Gasteiger partial charge in [-0.3, -0.25) is 14.7 Å². The van der Waals surface area contributed by atoms with Crippen molar-refractivity contribution in [3.05, 3.63) is 71.8 Å². The summed E-state index contributed by atoms with van der Waals surface area (Å²) in [5.41, 5.74) is 10.8. The zero-order valence-corrected chi connectivity index (χ0v) is 23.8. The lowest BCUT2D eigenvalue weighted by atomic mass is 10.0. The van der Waals surface area contributed by atoms with Gasteiger partial charge in [-0.2, -0.15) is 5.26 Å². The number of nitrogens with one attached hydrogen (secondary N) is 1. The Kier molecular flexibility index (Phi) is 8.40. The number of rotatable bonds is 8. The third-order valence-corrected chi connectivity index (χ3v) is 7.08. The van der Waals surface area contributed by atoms with Crippen LogP contribution < -0.4 is 20.7 Å². The standard InChI is InChI=1S/C30H32N10O2/c1-20(41)36-30-26(14-32)29-25(12-23(19-40(29)37-30)24(13-31)16-33-2)22-5-6-27(34-17-22)39-10-8-38(9-11-39)18-21-4-7-28(42-3)35-15-21/h4-7,12-13,15-17,19H,8-11,18,31H2,1-3H3,(H,36,37,41). The molecule has 0 aliphatic carbocycles. The van der Waals surface area contributed by atoms with E-state index in [0.717, 1.165) is 60.8 Å². The number of carbonyl (C=O) groups is 1. The topological polar surface area (TPSA) is 150 Å². The predicted octanol–water partition coefficient (Wildman–Crippen LogP) is 2.95. The summed E-state index contributed by atoms with van der Waals surface area (Å²) >= 11 is 0. The molecule has 4 aromatic heterocycles. The van der Waals surface area contributed by atoms with Gasteiger partial charge in [-0.15, -0.1) is 5.10 Å². The number of nitrogens with two attached hydrogens (primary N) is 1. The first-order chi connectivity index (χ1) is 20.4. The van der Waals surface area contributed by atoms with Gasteiger partial charge in [0.15, 0.2) is 5.82 Å². The molecule has 0 saturated carbocycles. The van der Waals surface area contributed by atoms with Gasteiger partial charge in [0, 0.05) is 106 Å². The average Bonchev–Trinajstić information content (AvgIpc) is 3.36. The molecule has 1 saturated heterocycles. The second kappa shape index (κ2) is 12.5. The number of anilines is 2. The molecule has 214 valence electrons. The minimum Gasteiger partial charge on any atom is -0.481 e. The van der Waals surface area contributed by atoms with Crippen molar-refractivity contribution < 1.29 is 9.53 Å². The van der Waals surface area contributed by atoms with Gasteiger partial charge < -0.3 is 20.7 Å². The maximum atomic E-state index is 11.8. The number of ether oxygens (including phenoxy) is 1. The molecule has 1 fully saturated rings. The summed E-state index contributed by atoms with van der Waals surface area (Å²) in [6.45, 7) is 5.70. The summed E-state index contributed by atoms with van der Waals surface area (Å²) in [4.78, 5) is 29.7. The van der Waals surface area contributed by atoms with E-state index >= 15 is 0 Å². The van der Waals surface area contributed by atoms with Crippen LogP contribution in [0.15, 0.2) is 60.1 Å². The van der Waals surface area contributed by atoms with Crippen LogP contribution in [0.1, 0.15) is 23.6 Å². The highest BCUT2D eigenvalue weighted by molar-refractivity contribution is 6.10. The van der Waals surface area contributed by atoms with Crippen LogP contribution in [0.2, 0.25) is 0 Å². The Balaban J connectivity index is 1.41. The van der Waals surface area contributed by atoms with Gasteiger partial charge in [-0.25, -0.2) is 14.5 Å². The lowest BCUT2D eigenvalue weighted by molar-refractivity contribution is -0.114. The fourth-order valence-electron chi connectivity index (χ4n) is 5.02. The van der Waals surface area contributed by atoms with Crippen LogP contribution in [-0.4, -0.2) is 76.9 Å². The molecule has 5 rings (SSSR count). The maximum Gasteiger partial charge on any atom is 0.222 e. The average molecular weight is 565 g/mol. The monoisotopic (exact) mass is 564 g/mol. The number of methoxy groups -OCH3 is 1. The van der Waals surface area contributed by atoms with Crippen LogP contribution in [-0.2, 0) is 11.3 Å². The maximum absolute atomic E-state index is 11.8. The SMILES string of the molecule is CN=CC(=CN)c1cc(-c2ccc(N3CCN(Cc4ccc(OC)nc4)CC3)nc2)c2c(C#N)c(NC(C)=O)nn2c1. The van der Waals surface area contributed by atoms with Gasteiger partial charge in [0.2, 0.25) is 11.8 Å². The molecule has 0 unspecified atom stereocenters. The second-order valence-corrected chi connectivity index (χ2v) is 9.84. The number of fused-ring (bicyclic) bond motifs is 1.